The Hall–Kier alpha value is -1.37. The van der Waals surface area contributed by atoms with Crippen LogP contribution < -0.4 is 11.2 Å². The monoisotopic (exact) mass is 330 g/mol. The van der Waals surface area contributed by atoms with Crippen LogP contribution in [0, 0.1) is 12.8 Å². The molecule has 7 heteroatoms. The molecule has 6 nitrogen and oxygen atoms in total. The molecule has 0 aromatic carbocycles. The summed E-state index contributed by atoms with van der Waals surface area (Å²) in [5.74, 6) is -0.500. The largest absolute Gasteiger partial charge is 0.466 e. The molecular weight excluding hydrogens is 316 g/mol. The van der Waals surface area contributed by atoms with Gasteiger partial charge in [0.15, 0.2) is 0 Å². The Morgan fingerprint density at radius 3 is 2.95 bits per heavy atom. The summed E-state index contributed by atoms with van der Waals surface area (Å²) in [5.41, 5.74) is -0.393. The number of nitrogens with one attached hydrogen (secondary N) is 1. The van der Waals surface area contributed by atoms with E-state index in [0.717, 1.165) is 0 Å². The van der Waals surface area contributed by atoms with Gasteiger partial charge in [0.05, 0.1) is 16.8 Å². The highest BCUT2D eigenvalue weighted by Gasteiger charge is 2.57. The number of esters is 1. The Balaban J connectivity index is 2.15. The summed E-state index contributed by atoms with van der Waals surface area (Å²) in [4.78, 5) is 36.8. The van der Waals surface area contributed by atoms with Crippen molar-refractivity contribution in [1.29, 1.82) is 0 Å². The van der Waals surface area contributed by atoms with E-state index >= 15 is 0 Å². The lowest BCUT2D eigenvalue weighted by Crippen LogP contribution is -2.34. The predicted octanol–water partition coefficient (Wildman–Crippen LogP) is 0.562. The minimum absolute atomic E-state index is 0.244. The number of hydrogen-bond acceptors (Lipinski definition) is 4. The van der Waals surface area contributed by atoms with Crippen LogP contribution in [0.25, 0.3) is 0 Å². The first-order valence-corrected chi connectivity index (χ1v) is 6.82. The third kappa shape index (κ3) is 2.80. The van der Waals surface area contributed by atoms with Crippen molar-refractivity contribution in [3.8, 4) is 0 Å². The van der Waals surface area contributed by atoms with E-state index in [1.54, 1.807) is 13.8 Å². The molecule has 1 aromatic heterocycles. The van der Waals surface area contributed by atoms with Crippen molar-refractivity contribution in [3.63, 3.8) is 0 Å². The van der Waals surface area contributed by atoms with E-state index in [1.807, 2.05) is 0 Å². The third-order valence-electron chi connectivity index (χ3n) is 3.20. The van der Waals surface area contributed by atoms with Crippen LogP contribution in [0.2, 0.25) is 0 Å². The summed E-state index contributed by atoms with van der Waals surface area (Å²) in [6.45, 7) is 4.06. The molecule has 0 bridgehead atoms. The first-order valence-electron chi connectivity index (χ1n) is 6.03. The molecule has 1 aliphatic rings. The van der Waals surface area contributed by atoms with Gasteiger partial charge in [0, 0.05) is 18.3 Å². The van der Waals surface area contributed by atoms with Crippen LogP contribution in [0.5, 0.6) is 0 Å². The maximum Gasteiger partial charge on any atom is 0.328 e. The molecule has 0 amide bonds. The molecule has 0 aliphatic heterocycles. The Bertz CT molecular complexity index is 621. The van der Waals surface area contributed by atoms with Gasteiger partial charge in [-0.05, 0) is 20.3 Å². The molecule has 0 spiro atoms. The average Bonchev–Trinajstić information content (AvgIpc) is 2.99. The van der Waals surface area contributed by atoms with Crippen LogP contribution in [-0.2, 0) is 16.1 Å². The number of aromatic nitrogens is 2. The van der Waals surface area contributed by atoms with Crippen molar-refractivity contribution in [2.75, 3.05) is 6.61 Å². The van der Waals surface area contributed by atoms with E-state index in [-0.39, 0.29) is 17.4 Å². The van der Waals surface area contributed by atoms with Gasteiger partial charge in [-0.3, -0.25) is 19.1 Å². The van der Waals surface area contributed by atoms with Gasteiger partial charge in [0.25, 0.3) is 5.56 Å². The second kappa shape index (κ2) is 4.96. The topological polar surface area (TPSA) is 81.2 Å². The van der Waals surface area contributed by atoms with Gasteiger partial charge in [0.2, 0.25) is 0 Å². The van der Waals surface area contributed by atoms with Crippen molar-refractivity contribution < 1.29 is 9.53 Å². The summed E-state index contributed by atoms with van der Waals surface area (Å²) in [5, 5.41) is 0. The van der Waals surface area contributed by atoms with Crippen molar-refractivity contribution in [1.82, 2.24) is 9.55 Å². The van der Waals surface area contributed by atoms with Crippen molar-refractivity contribution in [2.24, 2.45) is 5.92 Å². The molecule has 2 atom stereocenters. The second-order valence-electron chi connectivity index (χ2n) is 4.74. The van der Waals surface area contributed by atoms with Crippen LogP contribution in [-0.4, -0.2) is 26.5 Å². The smallest absolute Gasteiger partial charge is 0.328 e. The molecule has 0 radical (unpaired) electrons. The molecule has 1 heterocycles. The minimum atomic E-state index is -0.469. The molecule has 2 rings (SSSR count). The van der Waals surface area contributed by atoms with Crippen LogP contribution in [0.3, 0.4) is 0 Å². The Morgan fingerprint density at radius 2 is 2.32 bits per heavy atom. The van der Waals surface area contributed by atoms with Gasteiger partial charge in [-0.25, -0.2) is 4.79 Å². The van der Waals surface area contributed by atoms with Crippen LogP contribution in [0.1, 0.15) is 18.9 Å². The lowest BCUT2D eigenvalue weighted by Gasteiger charge is -2.11. The average molecular weight is 331 g/mol. The van der Waals surface area contributed by atoms with Crippen LogP contribution in [0.4, 0.5) is 0 Å². The van der Waals surface area contributed by atoms with Gasteiger partial charge in [-0.2, -0.15) is 0 Å². The Kier molecular flexibility index (Phi) is 3.66. The zero-order valence-electron chi connectivity index (χ0n) is 10.7. The molecule has 0 saturated heterocycles. The van der Waals surface area contributed by atoms with E-state index in [1.165, 1.54) is 10.8 Å². The zero-order chi connectivity index (χ0) is 14.2. The standard InChI is InChI=1S/C12H15BrN2O4/c1-3-19-10(17)8-4-12(8,13)6-15-5-7(2)9(16)14-11(15)18/h5,8H,3-4,6H2,1-2H3,(H,14,16,18). The van der Waals surface area contributed by atoms with Crippen LogP contribution >= 0.6 is 15.9 Å². The van der Waals surface area contributed by atoms with Crippen LogP contribution in [0.15, 0.2) is 15.8 Å². The zero-order valence-corrected chi connectivity index (χ0v) is 12.3. The molecule has 1 saturated carbocycles. The van der Waals surface area contributed by atoms with E-state index < -0.39 is 10.0 Å². The highest BCUT2D eigenvalue weighted by Crippen LogP contribution is 2.52. The molecule has 1 N–H and O–H groups in total. The van der Waals surface area contributed by atoms with Gasteiger partial charge >= 0.3 is 11.7 Å². The normalized spacial score (nSPS) is 25.1. The first-order chi connectivity index (χ1) is 8.87. The summed E-state index contributed by atoms with van der Waals surface area (Å²) in [6, 6.07) is 0. The summed E-state index contributed by atoms with van der Waals surface area (Å²) in [6.07, 6.45) is 2.13. The third-order valence-corrected chi connectivity index (χ3v) is 4.33. The number of alkyl halides is 1. The molecule has 1 aliphatic carbocycles. The SMILES string of the molecule is CCOC(=O)C1CC1(Br)Cn1cc(C)c(=O)[nH]c1=O. The maximum absolute atomic E-state index is 11.7. The van der Waals surface area contributed by atoms with Gasteiger partial charge in [-0.1, -0.05) is 15.9 Å². The number of aromatic amines is 1. The van der Waals surface area contributed by atoms with Gasteiger partial charge < -0.3 is 4.74 Å². The summed E-state index contributed by atoms with van der Waals surface area (Å²) < 4.78 is 5.91. The number of halogens is 1. The Morgan fingerprint density at radius 1 is 1.63 bits per heavy atom. The second-order valence-corrected chi connectivity index (χ2v) is 6.32. The fourth-order valence-electron chi connectivity index (χ4n) is 2.01. The number of carbonyl (C=O) groups is 1. The van der Waals surface area contributed by atoms with Crippen molar-refractivity contribution in [2.45, 2.75) is 31.1 Å². The van der Waals surface area contributed by atoms with E-state index in [4.69, 9.17) is 4.74 Å². The maximum atomic E-state index is 11.7. The number of ether oxygens (including phenoxy) is 1. The van der Waals surface area contributed by atoms with Gasteiger partial charge in [-0.15, -0.1) is 0 Å². The van der Waals surface area contributed by atoms with E-state index in [9.17, 15) is 14.4 Å². The highest BCUT2D eigenvalue weighted by molar-refractivity contribution is 9.10. The fraction of sp³-hybridized carbons (Fsp3) is 0.583. The van der Waals surface area contributed by atoms with Crippen molar-refractivity contribution in [3.05, 3.63) is 32.6 Å². The molecule has 1 fully saturated rings. The quantitative estimate of drug-likeness (QED) is 0.646. The molecule has 2 unspecified atom stereocenters. The Labute approximate surface area is 117 Å². The van der Waals surface area contributed by atoms with E-state index in [2.05, 4.69) is 20.9 Å². The molecule has 19 heavy (non-hydrogen) atoms. The number of rotatable bonds is 4. The minimum Gasteiger partial charge on any atom is -0.466 e. The number of H-pyrrole nitrogens is 1. The van der Waals surface area contributed by atoms with E-state index in [0.29, 0.717) is 25.1 Å². The fourth-order valence-corrected chi connectivity index (χ4v) is 2.79. The lowest BCUT2D eigenvalue weighted by atomic mass is 10.3. The van der Waals surface area contributed by atoms with Crippen molar-refractivity contribution >= 4 is 21.9 Å². The predicted molar refractivity (Wildman–Crippen MR) is 72.5 cm³/mol. The highest BCUT2D eigenvalue weighted by atomic mass is 79.9. The summed E-state index contributed by atoms with van der Waals surface area (Å²) in [7, 11) is 0. The molecular formula is C12H15BrN2O4. The number of hydrogen-bond donors (Lipinski definition) is 1. The molecule has 104 valence electrons. The van der Waals surface area contributed by atoms with Gasteiger partial charge in [0.1, 0.15) is 0 Å². The number of carbonyl (C=O) groups excluding carboxylic acids is 1. The lowest BCUT2D eigenvalue weighted by molar-refractivity contribution is -0.144. The molecule has 1 aromatic rings. The first kappa shape index (κ1) is 14.0. The summed E-state index contributed by atoms with van der Waals surface area (Å²) >= 11 is 3.49. The number of nitrogens with zero attached hydrogens (tertiary/aromatic N) is 1. The number of aryl methyl sites for hydroxylation is 1.